The molecule has 2 rings (SSSR count). The minimum atomic E-state index is -0.673. The number of aromatic nitrogens is 1. The molecule has 94 valence electrons. The summed E-state index contributed by atoms with van der Waals surface area (Å²) in [5.74, 6) is -1.14. The van der Waals surface area contributed by atoms with Crippen LogP contribution >= 0.6 is 15.9 Å². The summed E-state index contributed by atoms with van der Waals surface area (Å²) < 4.78 is 14.0. The Hall–Kier alpha value is -2.26. The monoisotopic (exact) mass is 319 g/mol. The number of hydrogen-bond acceptors (Lipinski definition) is 3. The van der Waals surface area contributed by atoms with Crippen molar-refractivity contribution in [3.8, 4) is 6.07 Å². The summed E-state index contributed by atoms with van der Waals surface area (Å²) in [6, 6.07) is 7.34. The van der Waals surface area contributed by atoms with E-state index in [1.54, 1.807) is 18.3 Å². The Labute approximate surface area is 117 Å². The van der Waals surface area contributed by atoms with Crippen LogP contribution in [0.1, 0.15) is 15.9 Å². The number of carbonyl (C=O) groups excluding carboxylic acids is 1. The van der Waals surface area contributed by atoms with Crippen LogP contribution in [0.4, 0.5) is 10.1 Å². The summed E-state index contributed by atoms with van der Waals surface area (Å²) in [5.41, 5.74) is 0.244. The van der Waals surface area contributed by atoms with Gasteiger partial charge in [-0.25, -0.2) is 4.39 Å². The number of halogens is 2. The smallest absolute Gasteiger partial charge is 0.257 e. The second kappa shape index (κ2) is 5.59. The quantitative estimate of drug-likeness (QED) is 0.924. The molecule has 1 amide bonds. The van der Waals surface area contributed by atoms with Gasteiger partial charge in [-0.15, -0.1) is 0 Å². The summed E-state index contributed by atoms with van der Waals surface area (Å²) in [6.45, 7) is 0. The van der Waals surface area contributed by atoms with Gasteiger partial charge in [0.25, 0.3) is 5.91 Å². The number of anilines is 1. The fourth-order valence-electron chi connectivity index (χ4n) is 1.47. The average Bonchev–Trinajstić information content (AvgIpc) is 2.39. The lowest BCUT2D eigenvalue weighted by atomic mass is 10.1. The van der Waals surface area contributed by atoms with Crippen molar-refractivity contribution in [1.29, 1.82) is 5.26 Å². The molecular formula is C13H7BrFN3O. The molecule has 0 bridgehead atoms. The van der Waals surface area contributed by atoms with E-state index in [2.05, 4.69) is 26.2 Å². The zero-order valence-electron chi connectivity index (χ0n) is 9.52. The van der Waals surface area contributed by atoms with Crippen LogP contribution in [0.5, 0.6) is 0 Å². The number of nitriles is 1. The third-order valence-corrected chi connectivity index (χ3v) is 2.77. The predicted molar refractivity (Wildman–Crippen MR) is 71.0 cm³/mol. The molecule has 1 aromatic heterocycles. The van der Waals surface area contributed by atoms with Gasteiger partial charge in [0.1, 0.15) is 17.4 Å². The molecule has 2 aromatic rings. The second-order valence-corrected chi connectivity index (χ2v) is 4.54. The molecule has 0 saturated carbocycles. The Balaban J connectivity index is 2.30. The molecule has 1 N–H and O–H groups in total. The van der Waals surface area contributed by atoms with Gasteiger partial charge >= 0.3 is 0 Å². The lowest BCUT2D eigenvalue weighted by Gasteiger charge is -2.07. The molecule has 0 aliphatic rings. The highest BCUT2D eigenvalue weighted by Crippen LogP contribution is 2.19. The SMILES string of the molecule is N#Cc1c(F)cccc1NC(=O)c1cncc(Br)c1. The standard InChI is InChI=1S/C13H7BrFN3O/c14-9-4-8(6-17-7-9)13(19)18-12-3-1-2-11(15)10(12)5-16/h1-4,6-7H,(H,18,19). The zero-order valence-corrected chi connectivity index (χ0v) is 11.1. The van der Waals surface area contributed by atoms with Crippen LogP contribution < -0.4 is 5.32 Å². The topological polar surface area (TPSA) is 65.8 Å². The van der Waals surface area contributed by atoms with E-state index in [1.807, 2.05) is 0 Å². The van der Waals surface area contributed by atoms with E-state index in [1.165, 1.54) is 18.3 Å². The molecule has 0 spiro atoms. The Morgan fingerprint density at radius 3 is 2.89 bits per heavy atom. The van der Waals surface area contributed by atoms with Crippen LogP contribution in [0.25, 0.3) is 0 Å². The number of nitrogens with one attached hydrogen (secondary N) is 1. The van der Waals surface area contributed by atoms with E-state index >= 15 is 0 Å². The number of benzene rings is 1. The van der Waals surface area contributed by atoms with E-state index in [-0.39, 0.29) is 11.3 Å². The first-order valence-corrected chi connectivity index (χ1v) is 6.01. The van der Waals surface area contributed by atoms with Crippen molar-refractivity contribution in [2.24, 2.45) is 0 Å². The zero-order chi connectivity index (χ0) is 13.8. The molecule has 4 nitrogen and oxygen atoms in total. The van der Waals surface area contributed by atoms with Crippen molar-refractivity contribution in [2.45, 2.75) is 0 Å². The number of nitrogens with zero attached hydrogens (tertiary/aromatic N) is 2. The highest BCUT2D eigenvalue weighted by molar-refractivity contribution is 9.10. The van der Waals surface area contributed by atoms with Crippen molar-refractivity contribution in [1.82, 2.24) is 4.98 Å². The van der Waals surface area contributed by atoms with Gasteiger partial charge < -0.3 is 5.32 Å². The minimum absolute atomic E-state index is 0.132. The number of rotatable bonds is 2. The van der Waals surface area contributed by atoms with E-state index in [0.29, 0.717) is 10.0 Å². The molecule has 0 unspecified atom stereocenters. The third-order valence-electron chi connectivity index (χ3n) is 2.34. The fraction of sp³-hybridized carbons (Fsp3) is 0. The van der Waals surface area contributed by atoms with Gasteiger partial charge in [0, 0.05) is 16.9 Å². The van der Waals surface area contributed by atoms with Gasteiger partial charge in [-0.1, -0.05) is 6.07 Å². The van der Waals surface area contributed by atoms with Gasteiger partial charge in [-0.05, 0) is 34.1 Å². The van der Waals surface area contributed by atoms with Crippen LogP contribution in [0.2, 0.25) is 0 Å². The molecule has 6 heteroatoms. The Bertz CT molecular complexity index is 682. The largest absolute Gasteiger partial charge is 0.321 e. The van der Waals surface area contributed by atoms with Crippen molar-refractivity contribution in [3.05, 3.63) is 58.1 Å². The summed E-state index contributed by atoms with van der Waals surface area (Å²) in [4.78, 5) is 15.8. The van der Waals surface area contributed by atoms with Crippen LogP contribution in [-0.2, 0) is 0 Å². The normalized spacial score (nSPS) is 9.74. The minimum Gasteiger partial charge on any atom is -0.321 e. The lowest BCUT2D eigenvalue weighted by molar-refractivity contribution is 0.102. The summed E-state index contributed by atoms with van der Waals surface area (Å²) >= 11 is 3.20. The van der Waals surface area contributed by atoms with Crippen LogP contribution in [-0.4, -0.2) is 10.9 Å². The fourth-order valence-corrected chi connectivity index (χ4v) is 1.84. The summed E-state index contributed by atoms with van der Waals surface area (Å²) in [7, 11) is 0. The van der Waals surface area contributed by atoms with Gasteiger partial charge in [-0.2, -0.15) is 5.26 Å². The first-order chi connectivity index (χ1) is 9.11. The number of hydrogen-bond donors (Lipinski definition) is 1. The molecule has 1 heterocycles. The lowest BCUT2D eigenvalue weighted by Crippen LogP contribution is -2.13. The van der Waals surface area contributed by atoms with Gasteiger partial charge in [-0.3, -0.25) is 9.78 Å². The molecule has 1 aromatic carbocycles. The second-order valence-electron chi connectivity index (χ2n) is 3.62. The summed E-state index contributed by atoms with van der Waals surface area (Å²) in [5, 5.41) is 11.3. The third kappa shape index (κ3) is 2.95. The van der Waals surface area contributed by atoms with Crippen LogP contribution in [0.15, 0.2) is 41.1 Å². The van der Waals surface area contributed by atoms with Crippen molar-refractivity contribution in [2.75, 3.05) is 5.32 Å². The molecule has 0 fully saturated rings. The first-order valence-electron chi connectivity index (χ1n) is 5.22. The Morgan fingerprint density at radius 2 is 2.21 bits per heavy atom. The Kier molecular flexibility index (Phi) is 3.88. The Morgan fingerprint density at radius 1 is 1.42 bits per heavy atom. The van der Waals surface area contributed by atoms with E-state index < -0.39 is 11.7 Å². The molecule has 0 aliphatic carbocycles. The average molecular weight is 320 g/mol. The first kappa shape index (κ1) is 13.2. The van der Waals surface area contributed by atoms with Crippen molar-refractivity contribution < 1.29 is 9.18 Å². The van der Waals surface area contributed by atoms with Gasteiger partial charge in [0.05, 0.1) is 11.3 Å². The maximum absolute atomic E-state index is 13.4. The van der Waals surface area contributed by atoms with Crippen molar-refractivity contribution >= 4 is 27.5 Å². The molecular weight excluding hydrogens is 313 g/mol. The number of carbonyl (C=O) groups is 1. The highest BCUT2D eigenvalue weighted by atomic mass is 79.9. The van der Waals surface area contributed by atoms with E-state index in [9.17, 15) is 9.18 Å². The van der Waals surface area contributed by atoms with Gasteiger partial charge in [0.2, 0.25) is 0 Å². The van der Waals surface area contributed by atoms with Crippen molar-refractivity contribution in [3.63, 3.8) is 0 Å². The van der Waals surface area contributed by atoms with E-state index in [4.69, 9.17) is 5.26 Å². The van der Waals surface area contributed by atoms with Crippen LogP contribution in [0, 0.1) is 17.1 Å². The maximum atomic E-state index is 13.4. The molecule has 0 atom stereocenters. The molecule has 0 aliphatic heterocycles. The predicted octanol–water partition coefficient (Wildman–Crippen LogP) is 3.11. The number of pyridine rings is 1. The summed E-state index contributed by atoms with van der Waals surface area (Å²) in [6.07, 6.45) is 2.92. The van der Waals surface area contributed by atoms with Crippen LogP contribution in [0.3, 0.4) is 0 Å². The van der Waals surface area contributed by atoms with Gasteiger partial charge in [0.15, 0.2) is 0 Å². The maximum Gasteiger partial charge on any atom is 0.257 e. The highest BCUT2D eigenvalue weighted by Gasteiger charge is 2.12. The molecule has 0 saturated heterocycles. The number of amides is 1. The van der Waals surface area contributed by atoms with E-state index in [0.717, 1.165) is 6.07 Å². The molecule has 19 heavy (non-hydrogen) atoms. The molecule has 0 radical (unpaired) electrons.